The van der Waals surface area contributed by atoms with Gasteiger partial charge >= 0.3 is 6.09 Å². The van der Waals surface area contributed by atoms with Gasteiger partial charge in [-0.3, -0.25) is 0 Å². The summed E-state index contributed by atoms with van der Waals surface area (Å²) in [5, 5.41) is 11.6. The van der Waals surface area contributed by atoms with Crippen LogP contribution in [0.15, 0.2) is 0 Å². The standard InChI is InChI=1S/C8H15FN2O3/c9-7(12)3-5-4-11-2-1-6(5)14-8(10)13/h5-7,11-12H,1-4H2,(H2,10,13). The number of piperidine rings is 1. The van der Waals surface area contributed by atoms with Crippen molar-refractivity contribution in [3.8, 4) is 0 Å². The van der Waals surface area contributed by atoms with Crippen molar-refractivity contribution in [2.45, 2.75) is 25.3 Å². The maximum atomic E-state index is 12.4. The average molecular weight is 206 g/mol. The summed E-state index contributed by atoms with van der Waals surface area (Å²) in [5.41, 5.74) is 4.88. The number of hydrogen-bond donors (Lipinski definition) is 3. The molecule has 0 bridgehead atoms. The monoisotopic (exact) mass is 206 g/mol. The van der Waals surface area contributed by atoms with Gasteiger partial charge in [-0.05, 0) is 13.0 Å². The molecule has 1 amide bonds. The van der Waals surface area contributed by atoms with E-state index in [0.717, 1.165) is 0 Å². The first-order valence-electron chi connectivity index (χ1n) is 4.58. The number of hydrogen-bond acceptors (Lipinski definition) is 4. The zero-order valence-corrected chi connectivity index (χ0v) is 7.78. The van der Waals surface area contributed by atoms with Crippen LogP contribution in [-0.2, 0) is 4.74 Å². The molecule has 1 aliphatic rings. The van der Waals surface area contributed by atoms with Crippen LogP contribution in [0.5, 0.6) is 0 Å². The summed E-state index contributed by atoms with van der Waals surface area (Å²) in [6.07, 6.45) is -2.56. The zero-order valence-electron chi connectivity index (χ0n) is 7.78. The molecular formula is C8H15FN2O3. The molecule has 4 N–H and O–H groups in total. The zero-order chi connectivity index (χ0) is 10.6. The summed E-state index contributed by atoms with van der Waals surface area (Å²) in [6.45, 7) is 1.23. The van der Waals surface area contributed by atoms with Gasteiger partial charge in [0, 0.05) is 18.9 Å². The van der Waals surface area contributed by atoms with Crippen LogP contribution < -0.4 is 11.1 Å². The Labute approximate surface area is 81.4 Å². The molecule has 1 rings (SSSR count). The number of aliphatic hydroxyl groups excluding tert-OH is 1. The van der Waals surface area contributed by atoms with Gasteiger partial charge in [0.25, 0.3) is 0 Å². The van der Waals surface area contributed by atoms with Gasteiger partial charge in [0.05, 0.1) is 0 Å². The van der Waals surface area contributed by atoms with E-state index in [0.29, 0.717) is 19.5 Å². The Morgan fingerprint density at radius 2 is 2.50 bits per heavy atom. The highest BCUT2D eigenvalue weighted by atomic mass is 19.1. The molecule has 0 saturated carbocycles. The van der Waals surface area contributed by atoms with Crippen molar-refractivity contribution in [1.82, 2.24) is 5.32 Å². The van der Waals surface area contributed by atoms with Crippen molar-refractivity contribution in [3.63, 3.8) is 0 Å². The summed E-state index contributed by atoms with van der Waals surface area (Å²) < 4.78 is 17.2. The van der Waals surface area contributed by atoms with E-state index in [4.69, 9.17) is 15.6 Å². The first-order valence-corrected chi connectivity index (χ1v) is 4.58. The lowest BCUT2D eigenvalue weighted by Crippen LogP contribution is -2.44. The molecule has 14 heavy (non-hydrogen) atoms. The molecule has 1 fully saturated rings. The molecule has 3 atom stereocenters. The molecule has 0 radical (unpaired) electrons. The Balaban J connectivity index is 2.45. The minimum atomic E-state index is -1.88. The second kappa shape index (κ2) is 5.11. The van der Waals surface area contributed by atoms with Crippen molar-refractivity contribution in [1.29, 1.82) is 0 Å². The molecule has 6 heteroatoms. The molecule has 3 unspecified atom stereocenters. The van der Waals surface area contributed by atoms with Gasteiger partial charge in [0.15, 0.2) is 6.36 Å². The fraction of sp³-hybridized carbons (Fsp3) is 0.875. The van der Waals surface area contributed by atoms with E-state index in [1.54, 1.807) is 0 Å². The highest BCUT2D eigenvalue weighted by Crippen LogP contribution is 2.20. The van der Waals surface area contributed by atoms with E-state index >= 15 is 0 Å². The fourth-order valence-corrected chi connectivity index (χ4v) is 1.69. The van der Waals surface area contributed by atoms with Gasteiger partial charge in [-0.25, -0.2) is 9.18 Å². The molecule has 0 aromatic carbocycles. The molecular weight excluding hydrogens is 191 g/mol. The SMILES string of the molecule is NC(=O)OC1CCNCC1CC(O)F. The van der Waals surface area contributed by atoms with Crippen LogP contribution >= 0.6 is 0 Å². The number of amides is 1. The number of nitrogens with two attached hydrogens (primary N) is 1. The summed E-state index contributed by atoms with van der Waals surface area (Å²) >= 11 is 0. The molecule has 1 aliphatic heterocycles. The van der Waals surface area contributed by atoms with Crippen molar-refractivity contribution in [2.24, 2.45) is 11.7 Å². The second-order valence-corrected chi connectivity index (χ2v) is 3.40. The van der Waals surface area contributed by atoms with Crippen molar-refractivity contribution in [3.05, 3.63) is 0 Å². The summed E-state index contributed by atoms with van der Waals surface area (Å²) in [4.78, 5) is 10.5. The molecule has 0 aromatic heterocycles. The summed E-state index contributed by atoms with van der Waals surface area (Å²) in [6, 6.07) is 0. The molecule has 0 aromatic rings. The lowest BCUT2D eigenvalue weighted by atomic mass is 9.93. The van der Waals surface area contributed by atoms with E-state index in [1.807, 2.05) is 0 Å². The predicted octanol–water partition coefficient (Wildman–Crippen LogP) is -0.262. The smallest absolute Gasteiger partial charge is 0.404 e. The number of halogens is 1. The fourth-order valence-electron chi connectivity index (χ4n) is 1.69. The van der Waals surface area contributed by atoms with Gasteiger partial charge in [0.1, 0.15) is 6.10 Å². The van der Waals surface area contributed by atoms with Crippen LogP contribution in [0, 0.1) is 5.92 Å². The first kappa shape index (κ1) is 11.2. The Morgan fingerprint density at radius 3 is 3.07 bits per heavy atom. The highest BCUT2D eigenvalue weighted by molar-refractivity contribution is 5.64. The lowest BCUT2D eigenvalue weighted by molar-refractivity contribution is -0.0196. The van der Waals surface area contributed by atoms with Crippen LogP contribution in [0.4, 0.5) is 9.18 Å². The van der Waals surface area contributed by atoms with Crippen LogP contribution in [-0.4, -0.2) is 36.8 Å². The van der Waals surface area contributed by atoms with E-state index in [-0.39, 0.29) is 18.4 Å². The maximum absolute atomic E-state index is 12.4. The number of primary amides is 1. The molecule has 1 saturated heterocycles. The maximum Gasteiger partial charge on any atom is 0.404 e. The largest absolute Gasteiger partial charge is 0.446 e. The number of carbonyl (C=O) groups excluding carboxylic acids is 1. The van der Waals surface area contributed by atoms with Crippen LogP contribution in [0.1, 0.15) is 12.8 Å². The lowest BCUT2D eigenvalue weighted by Gasteiger charge is -2.31. The van der Waals surface area contributed by atoms with Crippen molar-refractivity contribution >= 4 is 6.09 Å². The van der Waals surface area contributed by atoms with Crippen LogP contribution in [0.25, 0.3) is 0 Å². The van der Waals surface area contributed by atoms with Crippen LogP contribution in [0.3, 0.4) is 0 Å². The van der Waals surface area contributed by atoms with Gasteiger partial charge in [-0.15, -0.1) is 0 Å². The quantitative estimate of drug-likeness (QED) is 0.594. The first-order chi connectivity index (χ1) is 6.59. The predicted molar refractivity (Wildman–Crippen MR) is 47.2 cm³/mol. The summed E-state index contributed by atoms with van der Waals surface area (Å²) in [7, 11) is 0. The number of rotatable bonds is 3. The molecule has 0 aliphatic carbocycles. The second-order valence-electron chi connectivity index (χ2n) is 3.40. The number of nitrogens with one attached hydrogen (secondary N) is 1. The highest BCUT2D eigenvalue weighted by Gasteiger charge is 2.29. The van der Waals surface area contributed by atoms with E-state index in [1.165, 1.54) is 0 Å². The third-order valence-electron chi connectivity index (χ3n) is 2.30. The minimum absolute atomic E-state index is 0.0368. The Hall–Kier alpha value is -0.880. The topological polar surface area (TPSA) is 84.6 Å². The van der Waals surface area contributed by atoms with Crippen molar-refractivity contribution in [2.75, 3.05) is 13.1 Å². The van der Waals surface area contributed by atoms with Gasteiger partial charge in [-0.2, -0.15) is 0 Å². The van der Waals surface area contributed by atoms with Crippen molar-refractivity contribution < 1.29 is 19.0 Å². The normalized spacial score (nSPS) is 29.6. The molecule has 5 nitrogen and oxygen atoms in total. The van der Waals surface area contributed by atoms with Gasteiger partial charge in [0.2, 0.25) is 0 Å². The van der Waals surface area contributed by atoms with Gasteiger partial charge in [-0.1, -0.05) is 0 Å². The number of aliphatic hydroxyl groups is 1. The third-order valence-corrected chi connectivity index (χ3v) is 2.30. The van der Waals surface area contributed by atoms with E-state index in [2.05, 4.69) is 5.32 Å². The Morgan fingerprint density at radius 1 is 1.79 bits per heavy atom. The summed E-state index contributed by atoms with van der Waals surface area (Å²) in [5.74, 6) is -0.212. The number of carbonyl (C=O) groups is 1. The Kier molecular flexibility index (Phi) is 4.09. The number of alkyl halides is 1. The molecule has 82 valence electrons. The third kappa shape index (κ3) is 3.47. The average Bonchev–Trinajstić information content (AvgIpc) is 2.06. The number of ether oxygens (including phenoxy) is 1. The Bertz CT molecular complexity index is 201. The molecule has 0 spiro atoms. The van der Waals surface area contributed by atoms with E-state index < -0.39 is 12.5 Å². The van der Waals surface area contributed by atoms with E-state index in [9.17, 15) is 9.18 Å². The van der Waals surface area contributed by atoms with Gasteiger partial charge < -0.3 is 20.9 Å². The minimum Gasteiger partial charge on any atom is -0.446 e. The molecule has 1 heterocycles. The van der Waals surface area contributed by atoms with Crippen LogP contribution in [0.2, 0.25) is 0 Å².